The third-order valence-corrected chi connectivity index (χ3v) is 3.28. The molecule has 1 aromatic heterocycles. The maximum atomic E-state index is 12.5. The topological polar surface area (TPSA) is 79.5 Å². The van der Waals surface area contributed by atoms with Crippen LogP contribution in [0.2, 0.25) is 0 Å². The molecule has 21 heavy (non-hydrogen) atoms. The van der Waals surface area contributed by atoms with Crippen LogP contribution in [0.15, 0.2) is 18.5 Å². The molecule has 1 aromatic rings. The Hall–Kier alpha value is -2.39. The molecule has 2 N–H and O–H groups in total. The first-order valence-electron chi connectivity index (χ1n) is 6.79. The van der Waals surface area contributed by atoms with E-state index in [2.05, 4.69) is 16.8 Å². The molecule has 2 amide bonds. The Bertz CT molecular complexity index is 603. The van der Waals surface area contributed by atoms with Crippen molar-refractivity contribution in [1.82, 2.24) is 14.8 Å². The minimum Gasteiger partial charge on any atom is -0.344 e. The van der Waals surface area contributed by atoms with E-state index in [-0.39, 0.29) is 24.9 Å². The highest BCUT2D eigenvalue weighted by atomic mass is 16.2. The maximum Gasteiger partial charge on any atom is 0.255 e. The van der Waals surface area contributed by atoms with Crippen LogP contribution in [0.5, 0.6) is 0 Å². The summed E-state index contributed by atoms with van der Waals surface area (Å²) in [4.78, 5) is 31.6. The van der Waals surface area contributed by atoms with Gasteiger partial charge in [-0.15, -0.1) is 0 Å². The van der Waals surface area contributed by atoms with Gasteiger partial charge >= 0.3 is 0 Å². The molecule has 0 aromatic carbocycles. The quantitative estimate of drug-likeness (QED) is 0.719. The van der Waals surface area contributed by atoms with E-state index in [4.69, 9.17) is 5.73 Å². The predicted octanol–water partition coefficient (Wildman–Crippen LogP) is -0.304. The third kappa shape index (κ3) is 3.80. The van der Waals surface area contributed by atoms with Crippen LogP contribution in [0.3, 0.4) is 0 Å². The number of aromatic nitrogens is 1. The van der Waals surface area contributed by atoms with Crippen molar-refractivity contribution in [3.8, 4) is 11.8 Å². The lowest BCUT2D eigenvalue weighted by molar-refractivity contribution is -0.129. The van der Waals surface area contributed by atoms with Crippen molar-refractivity contribution >= 4 is 11.8 Å². The van der Waals surface area contributed by atoms with Gasteiger partial charge in [0.2, 0.25) is 5.91 Å². The lowest BCUT2D eigenvalue weighted by Gasteiger charge is -2.19. The summed E-state index contributed by atoms with van der Waals surface area (Å²) in [5.41, 5.74) is 6.41. The van der Waals surface area contributed by atoms with Crippen molar-refractivity contribution in [3.05, 3.63) is 29.6 Å². The van der Waals surface area contributed by atoms with Gasteiger partial charge in [-0.25, -0.2) is 0 Å². The van der Waals surface area contributed by atoms with Gasteiger partial charge in [0.25, 0.3) is 5.91 Å². The molecule has 6 heteroatoms. The average molecular weight is 286 g/mol. The number of amides is 2. The molecule has 6 nitrogen and oxygen atoms in total. The number of carbonyl (C=O) groups is 2. The molecule has 0 bridgehead atoms. The summed E-state index contributed by atoms with van der Waals surface area (Å²) in [5, 5.41) is 0. The molecular formula is C15H18N4O2. The lowest BCUT2D eigenvalue weighted by atomic mass is 10.2. The number of hydrogen-bond acceptors (Lipinski definition) is 4. The normalized spacial score (nSPS) is 15.2. The van der Waals surface area contributed by atoms with Crippen molar-refractivity contribution in [3.63, 3.8) is 0 Å². The molecule has 1 fully saturated rings. The molecule has 0 atom stereocenters. The van der Waals surface area contributed by atoms with Crippen LogP contribution < -0.4 is 5.73 Å². The molecule has 2 heterocycles. The molecule has 0 unspecified atom stereocenters. The Labute approximate surface area is 123 Å². The first-order valence-corrected chi connectivity index (χ1v) is 6.79. The lowest BCUT2D eigenvalue weighted by Crippen LogP contribution is -2.38. The van der Waals surface area contributed by atoms with Crippen LogP contribution in [0.4, 0.5) is 0 Å². The van der Waals surface area contributed by atoms with Gasteiger partial charge in [0.1, 0.15) is 6.54 Å². The Morgan fingerprint density at radius 3 is 3.00 bits per heavy atom. The monoisotopic (exact) mass is 286 g/mol. The Morgan fingerprint density at radius 2 is 2.24 bits per heavy atom. The molecule has 0 aliphatic carbocycles. The second kappa shape index (κ2) is 6.86. The van der Waals surface area contributed by atoms with Crippen molar-refractivity contribution in [2.75, 3.05) is 33.2 Å². The number of pyridine rings is 1. The minimum atomic E-state index is -0.192. The fourth-order valence-corrected chi connectivity index (χ4v) is 2.12. The number of likely N-dealkylation sites (N-methyl/N-ethyl adjacent to an activating group) is 1. The van der Waals surface area contributed by atoms with E-state index in [1.165, 1.54) is 6.20 Å². The third-order valence-electron chi connectivity index (χ3n) is 3.28. The first kappa shape index (κ1) is 15.0. The zero-order valence-corrected chi connectivity index (χ0v) is 12.0. The minimum absolute atomic E-state index is 0.0483. The van der Waals surface area contributed by atoms with Crippen molar-refractivity contribution in [1.29, 1.82) is 0 Å². The molecule has 110 valence electrons. The van der Waals surface area contributed by atoms with Gasteiger partial charge in [-0.3, -0.25) is 14.6 Å². The standard InChI is InChI=1S/C15H18N4O2/c1-18-6-3-7-19(11-14(18)20)15(21)13-8-12(4-2-5-16)9-17-10-13/h8-10H,3,5-7,11,16H2,1H3. The van der Waals surface area contributed by atoms with Crippen LogP contribution in [0.25, 0.3) is 0 Å². The van der Waals surface area contributed by atoms with E-state index in [9.17, 15) is 9.59 Å². The largest absolute Gasteiger partial charge is 0.344 e. The van der Waals surface area contributed by atoms with Gasteiger partial charge in [-0.2, -0.15) is 0 Å². The summed E-state index contributed by atoms with van der Waals surface area (Å²) in [7, 11) is 1.75. The fourth-order valence-electron chi connectivity index (χ4n) is 2.12. The van der Waals surface area contributed by atoms with Gasteiger partial charge in [-0.05, 0) is 12.5 Å². The summed E-state index contributed by atoms with van der Waals surface area (Å²) in [5.74, 6) is 5.33. The molecule has 1 saturated heterocycles. The zero-order valence-electron chi connectivity index (χ0n) is 12.0. The Morgan fingerprint density at radius 1 is 1.43 bits per heavy atom. The molecule has 0 radical (unpaired) electrons. The number of hydrogen-bond donors (Lipinski definition) is 1. The molecular weight excluding hydrogens is 268 g/mol. The van der Waals surface area contributed by atoms with Crippen LogP contribution >= 0.6 is 0 Å². The maximum absolute atomic E-state index is 12.5. The summed E-state index contributed by atoms with van der Waals surface area (Å²) in [6, 6.07) is 1.68. The van der Waals surface area contributed by atoms with E-state index >= 15 is 0 Å². The summed E-state index contributed by atoms with van der Waals surface area (Å²) < 4.78 is 0. The SMILES string of the molecule is CN1CCCN(C(=O)c2cncc(C#CCN)c2)CC1=O. The van der Waals surface area contributed by atoms with Gasteiger partial charge in [0.15, 0.2) is 0 Å². The molecule has 0 saturated carbocycles. The summed E-state index contributed by atoms with van der Waals surface area (Å²) >= 11 is 0. The molecule has 1 aliphatic rings. The summed E-state index contributed by atoms with van der Waals surface area (Å²) in [6.07, 6.45) is 3.85. The van der Waals surface area contributed by atoms with E-state index in [0.29, 0.717) is 24.2 Å². The van der Waals surface area contributed by atoms with Gasteiger partial charge in [-0.1, -0.05) is 11.8 Å². The summed E-state index contributed by atoms with van der Waals surface area (Å²) in [6.45, 7) is 1.59. The van der Waals surface area contributed by atoms with Gasteiger partial charge in [0, 0.05) is 38.1 Å². The highest BCUT2D eigenvalue weighted by Gasteiger charge is 2.23. The number of nitrogens with zero attached hydrogens (tertiary/aromatic N) is 3. The van der Waals surface area contributed by atoms with Crippen molar-refractivity contribution in [2.45, 2.75) is 6.42 Å². The fraction of sp³-hybridized carbons (Fsp3) is 0.400. The zero-order chi connectivity index (χ0) is 15.2. The van der Waals surface area contributed by atoms with E-state index in [1.807, 2.05) is 0 Å². The average Bonchev–Trinajstić information content (AvgIpc) is 2.67. The van der Waals surface area contributed by atoms with Crippen LogP contribution in [0.1, 0.15) is 22.3 Å². The van der Waals surface area contributed by atoms with Crippen molar-refractivity contribution in [2.24, 2.45) is 5.73 Å². The highest BCUT2D eigenvalue weighted by molar-refractivity contribution is 5.96. The molecule has 0 spiro atoms. The smallest absolute Gasteiger partial charge is 0.255 e. The number of rotatable bonds is 1. The first-order chi connectivity index (χ1) is 10.1. The van der Waals surface area contributed by atoms with Crippen LogP contribution in [-0.2, 0) is 4.79 Å². The van der Waals surface area contributed by atoms with Gasteiger partial charge in [0.05, 0.1) is 12.1 Å². The van der Waals surface area contributed by atoms with E-state index in [1.54, 1.807) is 29.1 Å². The van der Waals surface area contributed by atoms with Crippen LogP contribution in [-0.4, -0.2) is 59.8 Å². The second-order valence-electron chi connectivity index (χ2n) is 4.86. The van der Waals surface area contributed by atoms with E-state index < -0.39 is 0 Å². The Balaban J connectivity index is 2.17. The highest BCUT2D eigenvalue weighted by Crippen LogP contribution is 2.10. The molecule has 1 aliphatic heterocycles. The van der Waals surface area contributed by atoms with Crippen LogP contribution in [0, 0.1) is 11.8 Å². The van der Waals surface area contributed by atoms with Gasteiger partial charge < -0.3 is 15.5 Å². The van der Waals surface area contributed by atoms with Crippen molar-refractivity contribution < 1.29 is 9.59 Å². The number of nitrogens with two attached hydrogens (primary N) is 1. The predicted molar refractivity (Wildman–Crippen MR) is 78.3 cm³/mol. The molecule has 2 rings (SSSR count). The Kier molecular flexibility index (Phi) is 4.90. The number of carbonyl (C=O) groups excluding carboxylic acids is 2. The second-order valence-corrected chi connectivity index (χ2v) is 4.86. The van der Waals surface area contributed by atoms with E-state index in [0.717, 1.165) is 6.42 Å².